The van der Waals surface area contributed by atoms with Gasteiger partial charge in [-0.05, 0) is 63.4 Å². The zero-order valence-corrected chi connectivity index (χ0v) is 35.1. The lowest BCUT2D eigenvalue weighted by Gasteiger charge is -2.27. The lowest BCUT2D eigenvalue weighted by molar-refractivity contribution is -0.138. The van der Waals surface area contributed by atoms with Crippen LogP contribution < -0.4 is 72.0 Å². The summed E-state index contributed by atoms with van der Waals surface area (Å²) in [6, 6.07) is -8.41. The van der Waals surface area contributed by atoms with Gasteiger partial charge in [-0.2, -0.15) is 11.8 Å². The predicted molar refractivity (Wildman–Crippen MR) is 223 cm³/mol. The number of carbonyl (C=O) groups excluding carboxylic acids is 9. The van der Waals surface area contributed by atoms with Crippen LogP contribution in [0.4, 0.5) is 0 Å². The Hall–Kier alpha value is -6.41. The van der Waals surface area contributed by atoms with Crippen LogP contribution in [-0.2, 0) is 47.9 Å². The lowest BCUT2D eigenvalue weighted by Crippen LogP contribution is -2.59. The molecule has 0 aliphatic heterocycles. The Morgan fingerprint density at radius 3 is 1.15 bits per heavy atom. The minimum atomic E-state index is -1.54. The number of nitrogens with two attached hydrogens (primary N) is 7. The van der Waals surface area contributed by atoms with Gasteiger partial charge in [-0.25, -0.2) is 0 Å². The lowest BCUT2D eigenvalue weighted by atomic mass is 10.0. The van der Waals surface area contributed by atoms with Crippen LogP contribution in [0.2, 0.25) is 0 Å². The van der Waals surface area contributed by atoms with E-state index >= 15 is 0 Å². The summed E-state index contributed by atoms with van der Waals surface area (Å²) >= 11 is 1.29. The van der Waals surface area contributed by atoms with Crippen molar-refractivity contribution in [3.8, 4) is 0 Å². The quantitative estimate of drug-likeness (QED) is 0.0170. The zero-order valence-electron chi connectivity index (χ0n) is 34.2. The molecule has 0 aromatic heterocycles. The highest BCUT2D eigenvalue weighted by Gasteiger charge is 2.33. The van der Waals surface area contributed by atoms with E-state index in [2.05, 4.69) is 41.9 Å². The van der Waals surface area contributed by atoms with Gasteiger partial charge in [-0.3, -0.25) is 57.9 Å². The second kappa shape index (κ2) is 29.7. The highest BCUT2D eigenvalue weighted by molar-refractivity contribution is 7.98. The molecule has 0 aliphatic rings. The van der Waals surface area contributed by atoms with E-state index in [1.807, 2.05) is 0 Å². The van der Waals surface area contributed by atoms with Crippen molar-refractivity contribution in [2.75, 3.05) is 25.1 Å². The monoisotopic (exact) mass is 887 g/mol. The van der Waals surface area contributed by atoms with Crippen molar-refractivity contribution in [3.05, 3.63) is 0 Å². The molecular formula is C34H61N15O11S. The number of primary amides is 3. The van der Waals surface area contributed by atoms with Crippen LogP contribution in [0.1, 0.15) is 77.6 Å². The van der Waals surface area contributed by atoms with E-state index < -0.39 is 115 Å². The first kappa shape index (κ1) is 54.6. The molecule has 0 aromatic rings. The molecule has 61 heavy (non-hydrogen) atoms. The Morgan fingerprint density at radius 2 is 0.820 bits per heavy atom. The van der Waals surface area contributed by atoms with Gasteiger partial charge in [0.05, 0.1) is 0 Å². The molecule has 0 radical (unpaired) electrons. The standard InChI is InChI=1S/C34H61N15O11S/c1-17(50)44-20(9-12-26(53)54)29(57)47-22(8-11-25(36)52)31(59)49-23(13-16-61-2)32(60)48-21(7-10-24(35)51)30(58)46-19(6-4-15-43-34(40)41)28(56)45-18(27(37)55)5-3-14-42-33(38)39/h18-23H,3-16H2,1-2H3,(H2,35,51)(H2,36,52)(H2,37,55)(H,44,50)(H,45,56)(H,46,58)(H,47,57)(H,48,60)(H,49,59)(H,53,54)(H4,38,39,42)(H4,40,41,43)/t18-,19-,20-,21-,22-,23-/m0/s1. The number of amides is 9. The van der Waals surface area contributed by atoms with Gasteiger partial charge in [-0.1, -0.05) is 0 Å². The first-order valence-electron chi connectivity index (χ1n) is 19.0. The number of guanidine groups is 2. The number of thioether (sulfide) groups is 1. The second-order valence-corrected chi connectivity index (χ2v) is 14.6. The number of carbonyl (C=O) groups is 10. The van der Waals surface area contributed by atoms with Crippen molar-refractivity contribution >= 4 is 82.8 Å². The van der Waals surface area contributed by atoms with Gasteiger partial charge in [0.15, 0.2) is 11.9 Å². The predicted octanol–water partition coefficient (Wildman–Crippen LogP) is -6.34. The van der Waals surface area contributed by atoms with Crippen molar-refractivity contribution in [2.24, 2.45) is 50.1 Å². The fourth-order valence-corrected chi connectivity index (χ4v) is 5.79. The number of nitrogens with zero attached hydrogens (tertiary/aromatic N) is 2. The highest BCUT2D eigenvalue weighted by Crippen LogP contribution is 2.09. The maximum Gasteiger partial charge on any atom is 0.303 e. The largest absolute Gasteiger partial charge is 0.481 e. The van der Waals surface area contributed by atoms with Gasteiger partial charge in [0.2, 0.25) is 53.2 Å². The second-order valence-electron chi connectivity index (χ2n) is 13.6. The van der Waals surface area contributed by atoms with Crippen molar-refractivity contribution in [1.29, 1.82) is 0 Å². The Kier molecular flexibility index (Phi) is 26.6. The van der Waals surface area contributed by atoms with Crippen LogP contribution in [-0.4, -0.2) is 138 Å². The van der Waals surface area contributed by atoms with E-state index in [0.717, 1.165) is 6.92 Å². The summed E-state index contributed by atoms with van der Waals surface area (Å²) in [6.45, 7) is 1.25. The normalized spacial score (nSPS) is 13.5. The molecule has 0 bridgehead atoms. The number of hydrogen-bond donors (Lipinski definition) is 14. The molecule has 27 heteroatoms. The molecule has 0 spiro atoms. The van der Waals surface area contributed by atoms with E-state index in [1.54, 1.807) is 6.26 Å². The van der Waals surface area contributed by atoms with Gasteiger partial charge in [0.1, 0.15) is 36.3 Å². The molecule has 21 N–H and O–H groups in total. The Labute approximate surface area is 356 Å². The molecule has 6 atom stereocenters. The van der Waals surface area contributed by atoms with E-state index in [4.69, 9.17) is 45.2 Å². The fourth-order valence-electron chi connectivity index (χ4n) is 5.32. The van der Waals surface area contributed by atoms with Gasteiger partial charge in [0.25, 0.3) is 0 Å². The summed E-state index contributed by atoms with van der Waals surface area (Å²) < 4.78 is 0. The average molecular weight is 888 g/mol. The van der Waals surface area contributed by atoms with Crippen LogP contribution >= 0.6 is 11.8 Å². The first-order valence-corrected chi connectivity index (χ1v) is 20.4. The SMILES string of the molecule is CSCC[C@H](NC(=O)[C@H](CCC(N)=O)NC(=O)[C@H](CCC(=O)O)NC(C)=O)C(=O)N[C@@H](CCC(N)=O)C(=O)N[C@@H](CCCN=C(N)N)C(=O)N[C@@H](CCCN=C(N)N)C(N)=O. The number of hydrogen-bond acceptors (Lipinski definition) is 13. The van der Waals surface area contributed by atoms with E-state index in [0.29, 0.717) is 0 Å². The maximum absolute atomic E-state index is 13.8. The average Bonchev–Trinajstić information content (AvgIpc) is 3.16. The highest BCUT2D eigenvalue weighted by atomic mass is 32.2. The Morgan fingerprint density at radius 1 is 0.492 bits per heavy atom. The van der Waals surface area contributed by atoms with Crippen molar-refractivity contribution in [3.63, 3.8) is 0 Å². The molecule has 0 aliphatic carbocycles. The number of aliphatic imine (C=N–C) groups is 2. The molecule has 0 aromatic carbocycles. The van der Waals surface area contributed by atoms with Gasteiger partial charge in [-0.15, -0.1) is 0 Å². The van der Waals surface area contributed by atoms with Crippen molar-refractivity contribution < 1.29 is 53.1 Å². The minimum Gasteiger partial charge on any atom is -0.481 e. The van der Waals surface area contributed by atoms with Crippen LogP contribution in [0, 0.1) is 0 Å². The first-order chi connectivity index (χ1) is 28.6. The summed E-state index contributed by atoms with van der Waals surface area (Å²) in [6.07, 6.45) is -0.430. The molecule has 26 nitrogen and oxygen atoms in total. The van der Waals surface area contributed by atoms with Crippen LogP contribution in [0.5, 0.6) is 0 Å². The molecule has 344 valence electrons. The molecule has 9 amide bonds. The molecule has 0 saturated heterocycles. The number of carboxylic acids is 1. The minimum absolute atomic E-state index is 0.0284. The van der Waals surface area contributed by atoms with Crippen LogP contribution in [0.25, 0.3) is 0 Å². The summed E-state index contributed by atoms with van der Waals surface area (Å²) in [5.41, 5.74) is 37.6. The number of carboxylic acid groups (broad SMARTS) is 1. The summed E-state index contributed by atoms with van der Waals surface area (Å²) in [4.78, 5) is 134. The third-order valence-corrected chi connectivity index (χ3v) is 9.04. The maximum atomic E-state index is 13.8. The summed E-state index contributed by atoms with van der Waals surface area (Å²) in [5.74, 6) is -9.33. The van der Waals surface area contributed by atoms with Crippen LogP contribution in [0.15, 0.2) is 9.98 Å². The third-order valence-electron chi connectivity index (χ3n) is 8.39. The third kappa shape index (κ3) is 25.6. The van der Waals surface area contributed by atoms with Gasteiger partial charge >= 0.3 is 5.97 Å². The van der Waals surface area contributed by atoms with E-state index in [-0.39, 0.29) is 82.1 Å². The summed E-state index contributed by atoms with van der Waals surface area (Å²) in [5, 5.41) is 23.7. The van der Waals surface area contributed by atoms with Gasteiger partial charge in [0, 0.05) is 39.3 Å². The Balaban J connectivity index is 6.52. The van der Waals surface area contributed by atoms with Gasteiger partial charge < -0.3 is 77.1 Å². The molecule has 0 heterocycles. The Bertz CT molecular complexity index is 1610. The zero-order chi connectivity index (χ0) is 46.7. The van der Waals surface area contributed by atoms with E-state index in [9.17, 15) is 47.9 Å². The molecular weight excluding hydrogens is 827 g/mol. The van der Waals surface area contributed by atoms with Crippen molar-refractivity contribution in [2.45, 2.75) is 114 Å². The van der Waals surface area contributed by atoms with Crippen LogP contribution in [0.3, 0.4) is 0 Å². The molecule has 0 saturated carbocycles. The summed E-state index contributed by atoms with van der Waals surface area (Å²) in [7, 11) is 0. The van der Waals surface area contributed by atoms with Crippen molar-refractivity contribution in [1.82, 2.24) is 31.9 Å². The fraction of sp³-hybridized carbons (Fsp3) is 0.647. The smallest absolute Gasteiger partial charge is 0.303 e. The number of aliphatic carboxylic acids is 1. The molecule has 0 unspecified atom stereocenters. The topological polar surface area (TPSA) is 470 Å². The molecule has 0 rings (SSSR count). The molecule has 0 fully saturated rings. The number of nitrogens with one attached hydrogen (secondary N) is 6. The van der Waals surface area contributed by atoms with E-state index in [1.165, 1.54) is 11.8 Å². The number of rotatable bonds is 32.